The number of anilines is 2. The van der Waals surface area contributed by atoms with Crippen LogP contribution >= 0.6 is 0 Å². The van der Waals surface area contributed by atoms with Crippen molar-refractivity contribution in [2.24, 2.45) is 5.41 Å². The van der Waals surface area contributed by atoms with Gasteiger partial charge in [-0.15, -0.1) is 5.10 Å². The van der Waals surface area contributed by atoms with Gasteiger partial charge in [-0.2, -0.15) is 4.98 Å². The largest absolute Gasteiger partial charge is 0.381 e. The third-order valence-electron chi connectivity index (χ3n) is 3.27. The van der Waals surface area contributed by atoms with E-state index in [0.29, 0.717) is 24.0 Å². The molecule has 2 rings (SSSR count). The van der Waals surface area contributed by atoms with E-state index in [0.717, 1.165) is 6.42 Å². The average molecular weight is 211 g/mol. The summed E-state index contributed by atoms with van der Waals surface area (Å²) in [5.74, 6) is 0.887. The highest BCUT2D eigenvalue weighted by Crippen LogP contribution is 2.43. The topological polar surface area (TPSA) is 88.8 Å². The first-order chi connectivity index (χ1) is 7.04. The van der Waals surface area contributed by atoms with E-state index in [-0.39, 0.29) is 5.41 Å². The van der Waals surface area contributed by atoms with E-state index < -0.39 is 0 Å². The lowest BCUT2D eigenvalue weighted by atomic mass is 9.64. The fourth-order valence-corrected chi connectivity index (χ4v) is 2.03. The van der Waals surface area contributed by atoms with Gasteiger partial charge in [0.15, 0.2) is 0 Å². The van der Waals surface area contributed by atoms with Crippen molar-refractivity contribution >= 4 is 11.9 Å². The van der Waals surface area contributed by atoms with Gasteiger partial charge in [0.05, 0.1) is 6.10 Å². The Balaban J connectivity index is 1.98. The van der Waals surface area contributed by atoms with E-state index in [2.05, 4.69) is 34.3 Å². The summed E-state index contributed by atoms with van der Waals surface area (Å²) >= 11 is 0. The molecule has 0 spiro atoms. The zero-order valence-corrected chi connectivity index (χ0v) is 9.24. The molecule has 15 heavy (non-hydrogen) atoms. The molecular weight excluding hydrogens is 194 g/mol. The summed E-state index contributed by atoms with van der Waals surface area (Å²) in [6.07, 6.45) is 1.27. The Morgan fingerprint density at radius 1 is 1.60 bits per heavy atom. The van der Waals surface area contributed by atoms with Crippen molar-refractivity contribution in [1.82, 2.24) is 15.2 Å². The van der Waals surface area contributed by atoms with Crippen LogP contribution in [0.25, 0.3) is 0 Å². The molecule has 1 fully saturated rings. The molecule has 0 radical (unpaired) electrons. The lowest BCUT2D eigenvalue weighted by Gasteiger charge is -2.51. The molecule has 1 heterocycles. The Labute approximate surface area is 88.6 Å². The molecule has 6 nitrogen and oxygen atoms in total. The highest BCUT2D eigenvalue weighted by Gasteiger charge is 2.48. The van der Waals surface area contributed by atoms with Gasteiger partial charge in [-0.05, 0) is 6.42 Å². The second-order valence-electron chi connectivity index (χ2n) is 4.52. The fourth-order valence-electron chi connectivity index (χ4n) is 2.03. The molecule has 1 aliphatic carbocycles. The van der Waals surface area contributed by atoms with Gasteiger partial charge in [-0.1, -0.05) is 13.8 Å². The smallest absolute Gasteiger partial charge is 0.243 e. The van der Waals surface area contributed by atoms with Crippen molar-refractivity contribution in [3.8, 4) is 0 Å². The molecule has 2 atom stereocenters. The first-order valence-corrected chi connectivity index (χ1v) is 5.01. The van der Waals surface area contributed by atoms with Gasteiger partial charge in [0.1, 0.15) is 0 Å². The summed E-state index contributed by atoms with van der Waals surface area (Å²) in [6, 6.07) is 0.331. The third kappa shape index (κ3) is 1.65. The van der Waals surface area contributed by atoms with Crippen molar-refractivity contribution in [2.45, 2.75) is 32.4 Å². The quantitative estimate of drug-likeness (QED) is 0.681. The van der Waals surface area contributed by atoms with Gasteiger partial charge in [0.25, 0.3) is 0 Å². The molecule has 0 aliphatic heterocycles. The summed E-state index contributed by atoms with van der Waals surface area (Å²) in [5.41, 5.74) is 5.54. The Bertz CT molecular complexity index is 348. The summed E-state index contributed by atoms with van der Waals surface area (Å²) in [6.45, 7) is 4.33. The number of nitrogens with one attached hydrogen (secondary N) is 2. The van der Waals surface area contributed by atoms with Crippen LogP contribution in [0.15, 0.2) is 0 Å². The number of nitrogens with two attached hydrogens (primary N) is 1. The minimum absolute atomic E-state index is 0.101. The van der Waals surface area contributed by atoms with Gasteiger partial charge < -0.3 is 15.8 Å². The van der Waals surface area contributed by atoms with Crippen LogP contribution in [0.2, 0.25) is 0 Å². The minimum atomic E-state index is 0.101. The SMILES string of the molecule is COC1CC(Nc2n[nH]c(N)n2)C1(C)C. The number of nitrogens with zero attached hydrogens (tertiary/aromatic N) is 2. The maximum absolute atomic E-state index is 5.44. The average Bonchev–Trinajstić information content (AvgIpc) is 2.58. The van der Waals surface area contributed by atoms with E-state index in [1.807, 2.05) is 0 Å². The van der Waals surface area contributed by atoms with Crippen molar-refractivity contribution in [1.29, 1.82) is 0 Å². The van der Waals surface area contributed by atoms with Crippen molar-refractivity contribution in [2.75, 3.05) is 18.2 Å². The Hall–Kier alpha value is -1.30. The number of rotatable bonds is 3. The van der Waals surface area contributed by atoms with Crippen LogP contribution in [-0.4, -0.2) is 34.4 Å². The summed E-state index contributed by atoms with van der Waals surface area (Å²) in [7, 11) is 1.74. The van der Waals surface area contributed by atoms with Crippen molar-refractivity contribution in [3.05, 3.63) is 0 Å². The maximum atomic E-state index is 5.44. The number of methoxy groups -OCH3 is 1. The van der Waals surface area contributed by atoms with E-state index in [1.165, 1.54) is 0 Å². The number of H-pyrrole nitrogens is 1. The zero-order chi connectivity index (χ0) is 11.1. The number of aromatic nitrogens is 3. The Morgan fingerprint density at radius 2 is 2.33 bits per heavy atom. The van der Waals surface area contributed by atoms with Gasteiger partial charge in [-0.25, -0.2) is 5.10 Å². The van der Waals surface area contributed by atoms with Crippen LogP contribution in [0.1, 0.15) is 20.3 Å². The molecule has 0 aromatic carbocycles. The lowest BCUT2D eigenvalue weighted by Crippen LogP contribution is -2.57. The van der Waals surface area contributed by atoms with Gasteiger partial charge in [0, 0.05) is 18.6 Å². The molecule has 6 heteroatoms. The van der Waals surface area contributed by atoms with E-state index in [9.17, 15) is 0 Å². The van der Waals surface area contributed by atoms with Crippen molar-refractivity contribution < 1.29 is 4.74 Å². The molecule has 4 N–H and O–H groups in total. The molecule has 1 saturated carbocycles. The highest BCUT2D eigenvalue weighted by molar-refractivity contribution is 5.33. The summed E-state index contributed by atoms with van der Waals surface area (Å²) in [5, 5.41) is 9.78. The molecule has 1 aliphatic rings. The minimum Gasteiger partial charge on any atom is -0.381 e. The number of hydrogen-bond acceptors (Lipinski definition) is 5. The fraction of sp³-hybridized carbons (Fsp3) is 0.778. The van der Waals surface area contributed by atoms with Gasteiger partial charge in [0.2, 0.25) is 11.9 Å². The highest BCUT2D eigenvalue weighted by atomic mass is 16.5. The van der Waals surface area contributed by atoms with E-state index in [4.69, 9.17) is 10.5 Å². The molecule has 1 aromatic heterocycles. The molecular formula is C9H17N5O. The summed E-state index contributed by atoms with van der Waals surface area (Å²) in [4.78, 5) is 4.01. The number of ether oxygens (including phenoxy) is 1. The first-order valence-electron chi connectivity index (χ1n) is 5.01. The Kier molecular flexibility index (Phi) is 2.30. The van der Waals surface area contributed by atoms with Crippen LogP contribution in [0.3, 0.4) is 0 Å². The zero-order valence-electron chi connectivity index (χ0n) is 9.24. The maximum Gasteiger partial charge on any atom is 0.243 e. The monoisotopic (exact) mass is 211 g/mol. The predicted molar refractivity (Wildman–Crippen MR) is 57.4 cm³/mol. The van der Waals surface area contributed by atoms with Crippen molar-refractivity contribution in [3.63, 3.8) is 0 Å². The van der Waals surface area contributed by atoms with Gasteiger partial charge >= 0.3 is 0 Å². The molecule has 0 bridgehead atoms. The van der Waals surface area contributed by atoms with Crippen LogP contribution in [-0.2, 0) is 4.74 Å². The van der Waals surface area contributed by atoms with Crippen LogP contribution in [0, 0.1) is 5.41 Å². The van der Waals surface area contributed by atoms with Crippen LogP contribution in [0.5, 0.6) is 0 Å². The standard InChI is InChI=1S/C9H17N5O/c1-9(2)5(4-6(9)15-3)11-8-12-7(10)13-14-8/h5-6H,4H2,1-3H3,(H4,10,11,12,13,14). The first kappa shape index (κ1) is 10.2. The number of hydrogen-bond donors (Lipinski definition) is 3. The molecule has 1 aromatic rings. The molecule has 2 unspecified atom stereocenters. The summed E-state index contributed by atoms with van der Waals surface area (Å²) < 4.78 is 5.36. The van der Waals surface area contributed by atoms with Gasteiger partial charge in [-0.3, -0.25) is 0 Å². The normalized spacial score (nSPS) is 28.5. The number of nitrogen functional groups attached to an aromatic ring is 1. The second-order valence-corrected chi connectivity index (χ2v) is 4.52. The predicted octanol–water partition coefficient (Wildman–Crippen LogP) is 0.612. The van der Waals surface area contributed by atoms with E-state index in [1.54, 1.807) is 7.11 Å². The lowest BCUT2D eigenvalue weighted by molar-refractivity contribution is -0.0796. The number of aromatic amines is 1. The molecule has 0 amide bonds. The molecule has 84 valence electrons. The van der Waals surface area contributed by atoms with Crippen LogP contribution < -0.4 is 11.1 Å². The molecule has 0 saturated heterocycles. The van der Waals surface area contributed by atoms with E-state index >= 15 is 0 Å². The second kappa shape index (κ2) is 3.37. The third-order valence-corrected chi connectivity index (χ3v) is 3.27. The Morgan fingerprint density at radius 3 is 2.80 bits per heavy atom. The van der Waals surface area contributed by atoms with Crippen LogP contribution in [0.4, 0.5) is 11.9 Å².